The molecule has 0 unspecified atom stereocenters. The van der Waals surface area contributed by atoms with Crippen LogP contribution in [0.2, 0.25) is 0 Å². The molecule has 2 amide bonds. The number of hydrogen-bond acceptors (Lipinski definition) is 4. The molecule has 0 aliphatic rings. The standard InChI is InChI=1S/C19H21N3O3/c1-14-6-8-16(9-7-14)21-18(23)10-11-19(24)22-20-13-15-4-3-5-17(12-15)25-2/h3-9,12-13H,10-11H2,1-2H3,(H,21,23)(H,22,24)/b20-13-. The van der Waals surface area contributed by atoms with Gasteiger partial charge in [0.1, 0.15) is 5.75 Å². The molecule has 0 saturated heterocycles. The van der Waals surface area contributed by atoms with Crippen LogP contribution in [0.15, 0.2) is 53.6 Å². The first kappa shape index (κ1) is 18.2. The highest BCUT2D eigenvalue weighted by Gasteiger charge is 2.06. The van der Waals surface area contributed by atoms with Crippen LogP contribution in [0.1, 0.15) is 24.0 Å². The van der Waals surface area contributed by atoms with E-state index in [2.05, 4.69) is 15.8 Å². The monoisotopic (exact) mass is 339 g/mol. The first-order valence-corrected chi connectivity index (χ1v) is 7.89. The maximum Gasteiger partial charge on any atom is 0.240 e. The Hall–Kier alpha value is -3.15. The van der Waals surface area contributed by atoms with Crippen LogP contribution in [0.4, 0.5) is 5.69 Å². The third kappa shape index (κ3) is 6.47. The van der Waals surface area contributed by atoms with Gasteiger partial charge in [0.05, 0.1) is 13.3 Å². The highest BCUT2D eigenvalue weighted by molar-refractivity contribution is 5.93. The van der Waals surface area contributed by atoms with Crippen LogP contribution in [-0.2, 0) is 9.59 Å². The normalized spacial score (nSPS) is 10.5. The van der Waals surface area contributed by atoms with Crippen molar-refractivity contribution in [1.82, 2.24) is 5.43 Å². The summed E-state index contributed by atoms with van der Waals surface area (Å²) in [5.41, 5.74) is 5.04. The Morgan fingerprint density at radius 1 is 1.08 bits per heavy atom. The third-order valence-corrected chi connectivity index (χ3v) is 3.41. The molecule has 0 aliphatic carbocycles. The molecule has 2 rings (SSSR count). The Morgan fingerprint density at radius 3 is 2.52 bits per heavy atom. The molecule has 2 N–H and O–H groups in total. The van der Waals surface area contributed by atoms with Crippen molar-refractivity contribution in [3.8, 4) is 5.75 Å². The molecule has 0 spiro atoms. The van der Waals surface area contributed by atoms with E-state index >= 15 is 0 Å². The van der Waals surface area contributed by atoms with E-state index in [0.717, 1.165) is 11.1 Å². The second-order valence-electron chi connectivity index (χ2n) is 5.48. The van der Waals surface area contributed by atoms with Gasteiger partial charge in [0.25, 0.3) is 0 Å². The summed E-state index contributed by atoms with van der Waals surface area (Å²) in [4.78, 5) is 23.6. The molecule has 25 heavy (non-hydrogen) atoms. The van der Waals surface area contributed by atoms with Crippen LogP contribution in [-0.4, -0.2) is 25.1 Å². The van der Waals surface area contributed by atoms with Crippen molar-refractivity contribution in [2.45, 2.75) is 19.8 Å². The minimum Gasteiger partial charge on any atom is -0.497 e. The smallest absolute Gasteiger partial charge is 0.240 e. The Labute approximate surface area is 146 Å². The topological polar surface area (TPSA) is 79.8 Å². The van der Waals surface area contributed by atoms with Gasteiger partial charge in [-0.3, -0.25) is 9.59 Å². The van der Waals surface area contributed by atoms with E-state index < -0.39 is 0 Å². The lowest BCUT2D eigenvalue weighted by atomic mass is 10.2. The molecule has 0 fully saturated rings. The molecule has 0 atom stereocenters. The number of carbonyl (C=O) groups is 2. The summed E-state index contributed by atoms with van der Waals surface area (Å²) in [6, 6.07) is 14.8. The maximum atomic E-state index is 11.8. The second kappa shape index (κ2) is 9.22. The zero-order chi connectivity index (χ0) is 18.1. The van der Waals surface area contributed by atoms with Crippen molar-refractivity contribution in [1.29, 1.82) is 0 Å². The van der Waals surface area contributed by atoms with E-state index in [1.165, 1.54) is 6.21 Å². The number of rotatable bonds is 7. The van der Waals surface area contributed by atoms with Crippen molar-refractivity contribution in [2.24, 2.45) is 5.10 Å². The second-order valence-corrected chi connectivity index (χ2v) is 5.48. The van der Waals surface area contributed by atoms with Gasteiger partial charge in [-0.25, -0.2) is 5.43 Å². The Kier molecular flexibility index (Phi) is 6.71. The number of methoxy groups -OCH3 is 1. The molecule has 130 valence electrons. The number of hydrogen-bond donors (Lipinski definition) is 2. The molecular formula is C19H21N3O3. The van der Waals surface area contributed by atoms with Crippen molar-refractivity contribution in [2.75, 3.05) is 12.4 Å². The van der Waals surface area contributed by atoms with Crippen LogP contribution in [0, 0.1) is 6.92 Å². The number of nitrogens with zero attached hydrogens (tertiary/aromatic N) is 1. The van der Waals surface area contributed by atoms with Crippen molar-refractivity contribution >= 4 is 23.7 Å². The van der Waals surface area contributed by atoms with Gasteiger partial charge in [-0.05, 0) is 36.8 Å². The fourth-order valence-electron chi connectivity index (χ4n) is 2.04. The Balaban J connectivity index is 1.73. The molecule has 0 saturated carbocycles. The SMILES string of the molecule is COc1cccc(/C=N\NC(=O)CCC(=O)Nc2ccc(C)cc2)c1. The highest BCUT2D eigenvalue weighted by atomic mass is 16.5. The third-order valence-electron chi connectivity index (χ3n) is 3.41. The zero-order valence-corrected chi connectivity index (χ0v) is 14.3. The fourth-order valence-corrected chi connectivity index (χ4v) is 2.04. The average Bonchev–Trinajstić information content (AvgIpc) is 2.62. The van der Waals surface area contributed by atoms with Crippen molar-refractivity contribution < 1.29 is 14.3 Å². The molecule has 2 aromatic carbocycles. The first-order valence-electron chi connectivity index (χ1n) is 7.89. The fraction of sp³-hybridized carbons (Fsp3) is 0.211. The number of ether oxygens (including phenoxy) is 1. The lowest BCUT2D eigenvalue weighted by molar-refractivity contribution is -0.124. The average molecular weight is 339 g/mol. The predicted octanol–water partition coefficient (Wildman–Crippen LogP) is 2.87. The van der Waals surface area contributed by atoms with Crippen molar-refractivity contribution in [3.05, 3.63) is 59.7 Å². The molecular weight excluding hydrogens is 318 g/mol. The quantitative estimate of drug-likeness (QED) is 0.601. The van der Waals surface area contributed by atoms with Gasteiger partial charge in [-0.1, -0.05) is 29.8 Å². The number of anilines is 1. The molecule has 0 radical (unpaired) electrons. The number of nitrogens with one attached hydrogen (secondary N) is 2. The lowest BCUT2D eigenvalue weighted by Crippen LogP contribution is -2.20. The maximum absolute atomic E-state index is 11.8. The van der Waals surface area contributed by atoms with E-state index in [9.17, 15) is 9.59 Å². The van der Waals surface area contributed by atoms with Crippen LogP contribution in [0.5, 0.6) is 5.75 Å². The van der Waals surface area contributed by atoms with Gasteiger partial charge >= 0.3 is 0 Å². The van der Waals surface area contributed by atoms with E-state index in [4.69, 9.17) is 4.74 Å². The summed E-state index contributed by atoms with van der Waals surface area (Å²) in [5, 5.41) is 6.62. The van der Waals surface area contributed by atoms with E-state index in [-0.39, 0.29) is 24.7 Å². The van der Waals surface area contributed by atoms with Crippen LogP contribution < -0.4 is 15.5 Å². The van der Waals surface area contributed by atoms with Crippen LogP contribution >= 0.6 is 0 Å². The molecule has 0 aromatic heterocycles. The van der Waals surface area contributed by atoms with E-state index in [1.807, 2.05) is 49.4 Å². The van der Waals surface area contributed by atoms with Gasteiger partial charge in [-0.15, -0.1) is 0 Å². The van der Waals surface area contributed by atoms with Gasteiger partial charge in [0.2, 0.25) is 11.8 Å². The molecule has 6 heteroatoms. The van der Waals surface area contributed by atoms with Crippen molar-refractivity contribution in [3.63, 3.8) is 0 Å². The largest absolute Gasteiger partial charge is 0.497 e. The Bertz CT molecular complexity index is 755. The molecule has 2 aromatic rings. The van der Waals surface area contributed by atoms with Crippen LogP contribution in [0.25, 0.3) is 0 Å². The predicted molar refractivity (Wildman–Crippen MR) is 97.8 cm³/mol. The van der Waals surface area contributed by atoms with Gasteiger partial charge in [-0.2, -0.15) is 5.10 Å². The molecule has 0 bridgehead atoms. The summed E-state index contributed by atoms with van der Waals surface area (Å²) in [6.07, 6.45) is 1.67. The summed E-state index contributed by atoms with van der Waals surface area (Å²) < 4.78 is 5.11. The molecule has 0 aliphatic heterocycles. The van der Waals surface area contributed by atoms with Crippen LogP contribution in [0.3, 0.4) is 0 Å². The minimum atomic E-state index is -0.321. The summed E-state index contributed by atoms with van der Waals surface area (Å²) >= 11 is 0. The lowest BCUT2D eigenvalue weighted by Gasteiger charge is -2.05. The highest BCUT2D eigenvalue weighted by Crippen LogP contribution is 2.11. The number of aryl methyl sites for hydroxylation is 1. The Morgan fingerprint density at radius 2 is 1.80 bits per heavy atom. The van der Waals surface area contributed by atoms with Gasteiger partial charge in [0, 0.05) is 18.5 Å². The van der Waals surface area contributed by atoms with Gasteiger partial charge < -0.3 is 10.1 Å². The van der Waals surface area contributed by atoms with E-state index in [0.29, 0.717) is 11.4 Å². The number of benzene rings is 2. The molecule has 6 nitrogen and oxygen atoms in total. The first-order chi connectivity index (χ1) is 12.1. The number of hydrazone groups is 1. The summed E-state index contributed by atoms with van der Waals surface area (Å²) in [7, 11) is 1.58. The number of amides is 2. The van der Waals surface area contributed by atoms with Gasteiger partial charge in [0.15, 0.2) is 0 Å². The summed E-state index contributed by atoms with van der Waals surface area (Å²) in [6.45, 7) is 1.97. The number of carbonyl (C=O) groups excluding carboxylic acids is 2. The zero-order valence-electron chi connectivity index (χ0n) is 14.3. The van der Waals surface area contributed by atoms with E-state index in [1.54, 1.807) is 13.2 Å². The summed E-state index contributed by atoms with van der Waals surface area (Å²) in [5.74, 6) is 0.178. The molecule has 0 heterocycles. The minimum absolute atomic E-state index is 0.0626.